The van der Waals surface area contributed by atoms with Gasteiger partial charge in [0, 0.05) is 7.05 Å². The van der Waals surface area contributed by atoms with Crippen molar-refractivity contribution in [1.82, 2.24) is 5.32 Å². The number of halogens is 2. The first kappa shape index (κ1) is 11.8. The van der Waals surface area contributed by atoms with Crippen molar-refractivity contribution >= 4 is 5.91 Å². The molecular weight excluding hydrogens is 140 g/mol. The van der Waals surface area contributed by atoms with Crippen molar-refractivity contribution in [3.05, 3.63) is 12.2 Å². The van der Waals surface area contributed by atoms with Gasteiger partial charge in [-0.2, -0.15) is 8.78 Å². The minimum atomic E-state index is -1.98. The van der Waals surface area contributed by atoms with Crippen LogP contribution >= 0.6 is 0 Å². The lowest BCUT2D eigenvalue weighted by atomic mass is 10.6. The lowest BCUT2D eigenvalue weighted by Crippen LogP contribution is -2.14. The molecule has 0 saturated carbocycles. The molecule has 0 heterocycles. The Hall–Kier alpha value is -0.930. The van der Waals surface area contributed by atoms with Crippen molar-refractivity contribution < 1.29 is 13.6 Å². The molecule has 0 bridgehead atoms. The van der Waals surface area contributed by atoms with E-state index in [4.69, 9.17) is 0 Å². The maximum atomic E-state index is 11.1. The highest BCUT2D eigenvalue weighted by molar-refractivity contribution is 5.87. The molecule has 0 fully saturated rings. The number of nitrogens with one attached hydrogen (secondary N) is 1. The fourth-order valence-electron chi connectivity index (χ4n) is 0.171. The van der Waals surface area contributed by atoms with Crippen LogP contribution in [0.5, 0.6) is 0 Å². The van der Waals surface area contributed by atoms with E-state index >= 15 is 0 Å². The smallest absolute Gasteiger partial charge is 0.275 e. The number of likely N-dealkylation sites (N-methyl/N-ethyl adjacent to an activating group) is 1. The topological polar surface area (TPSA) is 29.1 Å². The van der Waals surface area contributed by atoms with Crippen molar-refractivity contribution in [2.24, 2.45) is 0 Å². The van der Waals surface area contributed by atoms with Gasteiger partial charge in [0.15, 0.2) is 0 Å². The van der Waals surface area contributed by atoms with Crippen molar-refractivity contribution in [2.45, 2.75) is 13.8 Å². The average Bonchev–Trinajstić information content (AvgIpc) is 1.91. The van der Waals surface area contributed by atoms with E-state index in [1.807, 2.05) is 19.2 Å². The van der Waals surface area contributed by atoms with Gasteiger partial charge >= 0.3 is 0 Å². The Morgan fingerprint density at radius 1 is 1.40 bits per heavy atom. The lowest BCUT2D eigenvalue weighted by molar-refractivity contribution is -0.116. The van der Waals surface area contributed by atoms with Crippen LogP contribution in [0.3, 0.4) is 0 Å². The van der Waals surface area contributed by atoms with Gasteiger partial charge in [0.2, 0.25) is 5.91 Å². The first-order valence-electron chi connectivity index (χ1n) is 2.91. The van der Waals surface area contributed by atoms with E-state index in [1.165, 1.54) is 7.05 Å². The van der Waals surface area contributed by atoms with E-state index in [1.54, 1.807) is 0 Å². The maximum Gasteiger partial charge on any atom is 0.275 e. The first-order chi connectivity index (χ1) is 4.66. The van der Waals surface area contributed by atoms with Crippen molar-refractivity contribution in [1.29, 1.82) is 0 Å². The third kappa shape index (κ3) is 10.1. The van der Waals surface area contributed by atoms with Crippen LogP contribution in [0.15, 0.2) is 12.2 Å². The summed E-state index contributed by atoms with van der Waals surface area (Å²) in [7, 11) is 1.28. The largest absolute Gasteiger partial charge is 0.355 e. The van der Waals surface area contributed by atoms with Crippen LogP contribution in [0.4, 0.5) is 8.78 Å². The molecule has 0 spiro atoms. The Labute approximate surface area is 58.9 Å². The Morgan fingerprint density at radius 2 is 1.80 bits per heavy atom. The predicted molar refractivity (Wildman–Crippen MR) is 35.7 cm³/mol. The number of rotatable bonds is 1. The van der Waals surface area contributed by atoms with Gasteiger partial charge in [0.25, 0.3) is 6.08 Å². The SMILES string of the molecule is CC.CNC(=O)C=C(F)F. The Morgan fingerprint density at radius 3 is 1.90 bits per heavy atom. The van der Waals surface area contributed by atoms with E-state index < -0.39 is 12.0 Å². The summed E-state index contributed by atoms with van der Waals surface area (Å²) in [4.78, 5) is 9.95. The second kappa shape index (κ2) is 8.07. The summed E-state index contributed by atoms with van der Waals surface area (Å²) >= 11 is 0. The highest BCUT2D eigenvalue weighted by Crippen LogP contribution is 1.93. The van der Waals surface area contributed by atoms with Gasteiger partial charge in [-0.1, -0.05) is 13.8 Å². The molecule has 2 nitrogen and oxygen atoms in total. The van der Waals surface area contributed by atoms with Gasteiger partial charge in [-0.15, -0.1) is 0 Å². The predicted octanol–water partition coefficient (Wildman–Crippen LogP) is 1.54. The number of carbonyl (C=O) groups is 1. The average molecular weight is 151 g/mol. The van der Waals surface area contributed by atoms with Crippen LogP contribution in [0.2, 0.25) is 0 Å². The number of hydrogen-bond donors (Lipinski definition) is 1. The quantitative estimate of drug-likeness (QED) is 0.566. The van der Waals surface area contributed by atoms with E-state index in [2.05, 4.69) is 0 Å². The highest BCUT2D eigenvalue weighted by Gasteiger charge is 1.93. The Balaban J connectivity index is 0. The molecule has 10 heavy (non-hydrogen) atoms. The summed E-state index contributed by atoms with van der Waals surface area (Å²) < 4.78 is 22.1. The van der Waals surface area contributed by atoms with Gasteiger partial charge < -0.3 is 5.32 Å². The van der Waals surface area contributed by atoms with Crippen molar-refractivity contribution in [3.8, 4) is 0 Å². The first-order valence-corrected chi connectivity index (χ1v) is 2.91. The molecule has 0 saturated heterocycles. The zero-order chi connectivity index (χ0) is 8.57. The molecule has 0 unspecified atom stereocenters. The standard InChI is InChI=1S/C4H5F2NO.C2H6/c1-7-4(8)2-3(5)6;1-2/h2H,1H3,(H,7,8);1-2H3. The molecule has 0 aliphatic heterocycles. The van der Waals surface area contributed by atoms with E-state index in [0.29, 0.717) is 0 Å². The molecule has 0 radical (unpaired) electrons. The zero-order valence-corrected chi connectivity index (χ0v) is 6.24. The molecular formula is C6H11F2NO. The highest BCUT2D eigenvalue weighted by atomic mass is 19.3. The van der Waals surface area contributed by atoms with Gasteiger partial charge in [-0.05, 0) is 0 Å². The summed E-state index contributed by atoms with van der Waals surface area (Å²) in [6.07, 6.45) is -1.76. The van der Waals surface area contributed by atoms with Crippen LogP contribution < -0.4 is 5.32 Å². The van der Waals surface area contributed by atoms with E-state index in [-0.39, 0.29) is 6.08 Å². The molecule has 0 aliphatic rings. The Kier molecular flexibility index (Phi) is 9.54. The van der Waals surface area contributed by atoms with Gasteiger partial charge in [0.05, 0.1) is 6.08 Å². The van der Waals surface area contributed by atoms with Crippen LogP contribution in [0.1, 0.15) is 13.8 Å². The fraction of sp³-hybridized carbons (Fsp3) is 0.500. The van der Waals surface area contributed by atoms with Crippen molar-refractivity contribution in [3.63, 3.8) is 0 Å². The van der Waals surface area contributed by atoms with Crippen LogP contribution in [-0.4, -0.2) is 13.0 Å². The monoisotopic (exact) mass is 151 g/mol. The Bertz CT molecular complexity index is 119. The zero-order valence-electron chi connectivity index (χ0n) is 6.24. The second-order valence-electron chi connectivity index (χ2n) is 1.05. The lowest BCUT2D eigenvalue weighted by Gasteiger charge is -1.85. The number of amides is 1. The van der Waals surface area contributed by atoms with Crippen LogP contribution in [0, 0.1) is 0 Å². The van der Waals surface area contributed by atoms with Gasteiger partial charge in [0.1, 0.15) is 0 Å². The van der Waals surface area contributed by atoms with Gasteiger partial charge in [-0.25, -0.2) is 0 Å². The van der Waals surface area contributed by atoms with Crippen LogP contribution in [-0.2, 0) is 4.79 Å². The second-order valence-corrected chi connectivity index (χ2v) is 1.05. The molecule has 0 aromatic rings. The molecule has 0 aromatic heterocycles. The minimum absolute atomic E-state index is 0.222. The van der Waals surface area contributed by atoms with E-state index in [9.17, 15) is 13.6 Å². The minimum Gasteiger partial charge on any atom is -0.355 e. The normalized spacial score (nSPS) is 6.90. The fourth-order valence-corrected chi connectivity index (χ4v) is 0.171. The molecule has 4 heteroatoms. The number of carbonyl (C=O) groups excluding carboxylic acids is 1. The van der Waals surface area contributed by atoms with E-state index in [0.717, 1.165) is 0 Å². The molecule has 0 aliphatic carbocycles. The summed E-state index contributed by atoms with van der Waals surface area (Å²) in [6, 6.07) is 0. The third-order valence-corrected chi connectivity index (χ3v) is 0.487. The molecule has 1 N–H and O–H groups in total. The summed E-state index contributed by atoms with van der Waals surface area (Å²) in [6.45, 7) is 4.00. The maximum absolute atomic E-state index is 11.1. The molecule has 1 amide bonds. The summed E-state index contributed by atoms with van der Waals surface area (Å²) in [5, 5.41) is 2.00. The molecule has 0 rings (SSSR count). The molecule has 60 valence electrons. The summed E-state index contributed by atoms with van der Waals surface area (Å²) in [5.41, 5.74) is 0. The summed E-state index contributed by atoms with van der Waals surface area (Å²) in [5.74, 6) is -0.787. The van der Waals surface area contributed by atoms with Crippen LogP contribution in [0.25, 0.3) is 0 Å². The number of hydrogen-bond acceptors (Lipinski definition) is 1. The third-order valence-electron chi connectivity index (χ3n) is 0.487. The van der Waals surface area contributed by atoms with Gasteiger partial charge in [-0.3, -0.25) is 4.79 Å². The molecule has 0 aromatic carbocycles. The van der Waals surface area contributed by atoms with Crippen molar-refractivity contribution in [2.75, 3.05) is 7.05 Å². The molecule has 0 atom stereocenters.